The molecular formula is C16H11NO2. The molecule has 0 aliphatic carbocycles. The van der Waals surface area contributed by atoms with E-state index in [-0.39, 0.29) is 10.6 Å². The summed E-state index contributed by atoms with van der Waals surface area (Å²) in [5.41, 5.74) is 2.00. The SMILES string of the molecule is O=[N+]([O-])c1cccc(-c2cccc3ccccc23)c1. The third-order valence-electron chi connectivity index (χ3n) is 3.16. The number of nitro benzene ring substituents is 1. The lowest BCUT2D eigenvalue weighted by Gasteiger charge is -2.06. The molecule has 0 heterocycles. The van der Waals surface area contributed by atoms with E-state index in [1.807, 2.05) is 48.5 Å². The molecule has 0 saturated heterocycles. The van der Waals surface area contributed by atoms with Crippen LogP contribution in [0.25, 0.3) is 21.9 Å². The number of non-ortho nitro benzene ring substituents is 1. The molecule has 3 nitrogen and oxygen atoms in total. The molecule has 3 aromatic rings. The highest BCUT2D eigenvalue weighted by molar-refractivity contribution is 5.96. The number of hydrogen-bond donors (Lipinski definition) is 0. The molecule has 0 atom stereocenters. The molecule has 0 amide bonds. The maximum absolute atomic E-state index is 10.9. The molecule has 0 spiro atoms. The van der Waals surface area contributed by atoms with Crippen LogP contribution in [-0.4, -0.2) is 4.92 Å². The Hall–Kier alpha value is -2.68. The zero-order chi connectivity index (χ0) is 13.2. The van der Waals surface area contributed by atoms with Crippen molar-refractivity contribution in [1.82, 2.24) is 0 Å². The second-order valence-corrected chi connectivity index (χ2v) is 4.33. The third-order valence-corrected chi connectivity index (χ3v) is 3.16. The first kappa shape index (κ1) is 11.4. The van der Waals surface area contributed by atoms with Gasteiger partial charge >= 0.3 is 0 Å². The first-order chi connectivity index (χ1) is 9.25. The predicted octanol–water partition coefficient (Wildman–Crippen LogP) is 4.42. The van der Waals surface area contributed by atoms with Crippen LogP contribution in [0.15, 0.2) is 66.7 Å². The number of nitrogens with zero attached hydrogens (tertiary/aromatic N) is 1. The van der Waals surface area contributed by atoms with Gasteiger partial charge in [0.05, 0.1) is 4.92 Å². The lowest BCUT2D eigenvalue weighted by Crippen LogP contribution is -1.88. The zero-order valence-electron chi connectivity index (χ0n) is 10.1. The normalized spacial score (nSPS) is 10.5. The van der Waals surface area contributed by atoms with Gasteiger partial charge in [0.1, 0.15) is 0 Å². The van der Waals surface area contributed by atoms with Crippen molar-refractivity contribution in [2.45, 2.75) is 0 Å². The summed E-state index contributed by atoms with van der Waals surface area (Å²) in [4.78, 5) is 10.5. The van der Waals surface area contributed by atoms with Crippen molar-refractivity contribution in [2.75, 3.05) is 0 Å². The smallest absolute Gasteiger partial charge is 0.258 e. The van der Waals surface area contributed by atoms with Crippen LogP contribution in [0.1, 0.15) is 0 Å². The molecule has 0 saturated carbocycles. The van der Waals surface area contributed by atoms with Crippen molar-refractivity contribution >= 4 is 16.5 Å². The Labute approximate surface area is 110 Å². The van der Waals surface area contributed by atoms with Gasteiger partial charge in [-0.1, -0.05) is 54.6 Å². The maximum Gasteiger partial charge on any atom is 0.270 e. The van der Waals surface area contributed by atoms with Gasteiger partial charge in [-0.2, -0.15) is 0 Å². The molecule has 0 fully saturated rings. The minimum atomic E-state index is -0.366. The van der Waals surface area contributed by atoms with Crippen molar-refractivity contribution < 1.29 is 4.92 Å². The van der Waals surface area contributed by atoms with E-state index in [1.165, 1.54) is 6.07 Å². The highest BCUT2D eigenvalue weighted by Gasteiger charge is 2.08. The molecular weight excluding hydrogens is 238 g/mol. The van der Waals surface area contributed by atoms with E-state index < -0.39 is 0 Å². The van der Waals surface area contributed by atoms with Crippen LogP contribution in [0, 0.1) is 10.1 Å². The summed E-state index contributed by atoms with van der Waals surface area (Å²) >= 11 is 0. The Morgan fingerprint density at radius 3 is 2.42 bits per heavy atom. The molecule has 0 N–H and O–H groups in total. The van der Waals surface area contributed by atoms with Crippen LogP contribution in [-0.2, 0) is 0 Å². The molecule has 3 rings (SSSR count). The van der Waals surface area contributed by atoms with Crippen molar-refractivity contribution in [3.8, 4) is 11.1 Å². The van der Waals surface area contributed by atoms with Crippen molar-refractivity contribution in [1.29, 1.82) is 0 Å². The molecule has 0 bridgehead atoms. The van der Waals surface area contributed by atoms with Gasteiger partial charge in [0.15, 0.2) is 0 Å². The highest BCUT2D eigenvalue weighted by atomic mass is 16.6. The lowest BCUT2D eigenvalue weighted by molar-refractivity contribution is -0.384. The summed E-state index contributed by atoms with van der Waals surface area (Å²) in [6.45, 7) is 0. The summed E-state index contributed by atoms with van der Waals surface area (Å²) in [5.74, 6) is 0. The van der Waals surface area contributed by atoms with E-state index in [2.05, 4.69) is 0 Å². The molecule has 0 unspecified atom stereocenters. The van der Waals surface area contributed by atoms with E-state index in [1.54, 1.807) is 12.1 Å². The van der Waals surface area contributed by atoms with Crippen molar-refractivity contribution in [3.63, 3.8) is 0 Å². The zero-order valence-corrected chi connectivity index (χ0v) is 10.1. The maximum atomic E-state index is 10.9. The lowest BCUT2D eigenvalue weighted by atomic mass is 9.98. The van der Waals surface area contributed by atoms with E-state index in [0.29, 0.717) is 0 Å². The summed E-state index contributed by atoms with van der Waals surface area (Å²) < 4.78 is 0. The van der Waals surface area contributed by atoms with Crippen LogP contribution < -0.4 is 0 Å². The van der Waals surface area contributed by atoms with Crippen LogP contribution in [0.5, 0.6) is 0 Å². The number of rotatable bonds is 2. The molecule has 0 aliphatic rings. The van der Waals surface area contributed by atoms with Crippen LogP contribution in [0.3, 0.4) is 0 Å². The molecule has 0 aromatic heterocycles. The van der Waals surface area contributed by atoms with Gasteiger partial charge in [0, 0.05) is 12.1 Å². The second kappa shape index (κ2) is 4.53. The quantitative estimate of drug-likeness (QED) is 0.498. The van der Waals surface area contributed by atoms with Gasteiger partial charge in [-0.3, -0.25) is 10.1 Å². The summed E-state index contributed by atoms with van der Waals surface area (Å²) in [6.07, 6.45) is 0. The van der Waals surface area contributed by atoms with Gasteiger partial charge in [0.25, 0.3) is 5.69 Å². The highest BCUT2D eigenvalue weighted by Crippen LogP contribution is 2.30. The topological polar surface area (TPSA) is 43.1 Å². The fraction of sp³-hybridized carbons (Fsp3) is 0. The Morgan fingerprint density at radius 1 is 0.842 bits per heavy atom. The van der Waals surface area contributed by atoms with Gasteiger partial charge in [0.2, 0.25) is 0 Å². The van der Waals surface area contributed by atoms with E-state index in [0.717, 1.165) is 21.9 Å². The van der Waals surface area contributed by atoms with Crippen LogP contribution in [0.2, 0.25) is 0 Å². The third kappa shape index (κ3) is 2.06. The van der Waals surface area contributed by atoms with Gasteiger partial charge < -0.3 is 0 Å². The number of benzene rings is 3. The van der Waals surface area contributed by atoms with Gasteiger partial charge in [-0.15, -0.1) is 0 Å². The average molecular weight is 249 g/mol. The van der Waals surface area contributed by atoms with Crippen LogP contribution in [0.4, 0.5) is 5.69 Å². The molecule has 0 radical (unpaired) electrons. The second-order valence-electron chi connectivity index (χ2n) is 4.33. The Morgan fingerprint density at radius 2 is 1.58 bits per heavy atom. The van der Waals surface area contributed by atoms with Crippen molar-refractivity contribution in [2.24, 2.45) is 0 Å². The fourth-order valence-electron chi connectivity index (χ4n) is 2.26. The standard InChI is InChI=1S/C16H11NO2/c18-17(19)14-8-3-7-13(11-14)16-10-4-6-12-5-1-2-9-15(12)16/h1-11H. The fourth-order valence-corrected chi connectivity index (χ4v) is 2.26. The minimum absolute atomic E-state index is 0.116. The average Bonchev–Trinajstić information content (AvgIpc) is 2.47. The van der Waals surface area contributed by atoms with E-state index >= 15 is 0 Å². The number of fused-ring (bicyclic) bond motifs is 1. The first-order valence-corrected chi connectivity index (χ1v) is 5.98. The van der Waals surface area contributed by atoms with Crippen molar-refractivity contribution in [3.05, 3.63) is 76.8 Å². The number of nitro groups is 1. The molecule has 0 aliphatic heterocycles. The van der Waals surface area contributed by atoms with Gasteiger partial charge in [-0.25, -0.2) is 0 Å². The Balaban J connectivity index is 2.24. The van der Waals surface area contributed by atoms with E-state index in [4.69, 9.17) is 0 Å². The number of hydrogen-bond acceptors (Lipinski definition) is 2. The molecule has 92 valence electrons. The summed E-state index contributed by atoms with van der Waals surface area (Å²) in [5, 5.41) is 13.1. The largest absolute Gasteiger partial charge is 0.270 e. The Bertz CT molecular complexity index is 760. The summed E-state index contributed by atoms with van der Waals surface area (Å²) in [7, 11) is 0. The minimum Gasteiger partial charge on any atom is -0.258 e. The van der Waals surface area contributed by atoms with Crippen LogP contribution >= 0.6 is 0 Å². The molecule has 3 aromatic carbocycles. The molecule has 19 heavy (non-hydrogen) atoms. The summed E-state index contributed by atoms with van der Waals surface area (Å²) in [6, 6.07) is 20.8. The first-order valence-electron chi connectivity index (χ1n) is 5.98. The van der Waals surface area contributed by atoms with Gasteiger partial charge in [-0.05, 0) is 21.9 Å². The predicted molar refractivity (Wildman–Crippen MR) is 76.0 cm³/mol. The molecule has 3 heteroatoms. The Kier molecular flexibility index (Phi) is 2.72. The van der Waals surface area contributed by atoms with E-state index in [9.17, 15) is 10.1 Å². The monoisotopic (exact) mass is 249 g/mol.